The van der Waals surface area contributed by atoms with Crippen LogP contribution in [0.4, 0.5) is 0 Å². The summed E-state index contributed by atoms with van der Waals surface area (Å²) in [6.45, 7) is 8.05. The molecule has 1 saturated heterocycles. The summed E-state index contributed by atoms with van der Waals surface area (Å²) in [5, 5.41) is 0.874. The molecule has 0 N–H and O–H groups in total. The van der Waals surface area contributed by atoms with Crippen molar-refractivity contribution >= 4 is 16.8 Å². The van der Waals surface area contributed by atoms with Gasteiger partial charge >= 0.3 is 0 Å². The second-order valence-corrected chi connectivity index (χ2v) is 8.27. The topological polar surface area (TPSA) is 51.7 Å². The van der Waals surface area contributed by atoms with Crippen molar-refractivity contribution in [3.8, 4) is 17.0 Å². The molecule has 162 valence electrons. The number of aromatic nitrogens is 1. The van der Waals surface area contributed by atoms with E-state index < -0.39 is 0 Å². The Morgan fingerprint density at radius 1 is 1.10 bits per heavy atom. The third-order valence-corrected chi connectivity index (χ3v) is 5.55. The van der Waals surface area contributed by atoms with Crippen molar-refractivity contribution in [1.29, 1.82) is 0 Å². The second-order valence-electron chi connectivity index (χ2n) is 8.27. The lowest BCUT2D eigenvalue weighted by Crippen LogP contribution is -2.48. The zero-order valence-electron chi connectivity index (χ0n) is 18.5. The molecule has 5 heteroatoms. The minimum absolute atomic E-state index is 0.0252. The summed E-state index contributed by atoms with van der Waals surface area (Å²) in [6.07, 6.45) is 2.17. The van der Waals surface area contributed by atoms with Crippen LogP contribution in [0, 0.1) is 0 Å². The molecule has 0 bridgehead atoms. The van der Waals surface area contributed by atoms with Crippen molar-refractivity contribution in [2.75, 3.05) is 19.7 Å². The number of benzene rings is 2. The van der Waals surface area contributed by atoms with Crippen LogP contribution in [0.25, 0.3) is 22.2 Å². The highest BCUT2D eigenvalue weighted by Crippen LogP contribution is 2.28. The van der Waals surface area contributed by atoms with Crippen molar-refractivity contribution in [3.05, 3.63) is 60.2 Å². The Bertz CT molecular complexity index is 1060. The Hall–Kier alpha value is -2.92. The number of unbranched alkanes of at least 4 members (excludes halogenated alkanes) is 1. The smallest absolute Gasteiger partial charge is 0.254 e. The molecule has 1 aliphatic rings. The van der Waals surface area contributed by atoms with Crippen LogP contribution in [0.5, 0.6) is 5.75 Å². The van der Waals surface area contributed by atoms with Crippen molar-refractivity contribution in [2.45, 2.75) is 45.8 Å². The van der Waals surface area contributed by atoms with E-state index in [1.807, 2.05) is 73.3 Å². The first-order valence-electron chi connectivity index (χ1n) is 11.1. The fourth-order valence-electron chi connectivity index (χ4n) is 4.09. The van der Waals surface area contributed by atoms with Gasteiger partial charge in [0, 0.05) is 24.0 Å². The highest BCUT2D eigenvalue weighted by molar-refractivity contribution is 6.07. The average molecular weight is 419 g/mol. The van der Waals surface area contributed by atoms with Crippen LogP contribution < -0.4 is 4.74 Å². The van der Waals surface area contributed by atoms with Gasteiger partial charge < -0.3 is 14.4 Å². The maximum atomic E-state index is 13.5. The minimum Gasteiger partial charge on any atom is -0.494 e. The molecule has 0 spiro atoms. The first kappa shape index (κ1) is 21.3. The van der Waals surface area contributed by atoms with E-state index in [1.54, 1.807) is 0 Å². The third-order valence-electron chi connectivity index (χ3n) is 5.55. The van der Waals surface area contributed by atoms with Gasteiger partial charge in [0.2, 0.25) is 0 Å². The van der Waals surface area contributed by atoms with E-state index in [0.717, 1.165) is 40.8 Å². The normalized spacial score (nSPS) is 18.9. The lowest BCUT2D eigenvalue weighted by Gasteiger charge is -2.35. The second kappa shape index (κ2) is 9.48. The lowest BCUT2D eigenvalue weighted by molar-refractivity contribution is -0.0585. The van der Waals surface area contributed by atoms with Crippen LogP contribution in [-0.2, 0) is 4.74 Å². The zero-order chi connectivity index (χ0) is 21.8. The van der Waals surface area contributed by atoms with Crippen molar-refractivity contribution in [3.63, 3.8) is 0 Å². The number of carbonyl (C=O) groups excluding carboxylic acids is 1. The van der Waals surface area contributed by atoms with E-state index in [1.165, 1.54) is 0 Å². The number of hydrogen-bond acceptors (Lipinski definition) is 4. The summed E-state index contributed by atoms with van der Waals surface area (Å²) in [4.78, 5) is 20.3. The van der Waals surface area contributed by atoms with Gasteiger partial charge in [0.05, 0.1) is 35.6 Å². The number of hydrogen-bond donors (Lipinski definition) is 0. The van der Waals surface area contributed by atoms with Gasteiger partial charge in [0.1, 0.15) is 5.75 Å². The lowest BCUT2D eigenvalue weighted by atomic mass is 10.0. The van der Waals surface area contributed by atoms with E-state index in [0.29, 0.717) is 25.3 Å². The predicted octanol–water partition coefficient (Wildman–Crippen LogP) is 5.33. The fourth-order valence-corrected chi connectivity index (χ4v) is 4.09. The molecule has 1 amide bonds. The van der Waals surface area contributed by atoms with Crippen molar-refractivity contribution in [1.82, 2.24) is 9.88 Å². The number of morpholine rings is 1. The maximum Gasteiger partial charge on any atom is 0.254 e. The van der Waals surface area contributed by atoms with Crippen molar-refractivity contribution in [2.24, 2.45) is 0 Å². The van der Waals surface area contributed by atoms with Crippen LogP contribution in [0.1, 0.15) is 44.0 Å². The molecule has 0 unspecified atom stereocenters. The Balaban J connectivity index is 1.72. The monoisotopic (exact) mass is 418 g/mol. The standard InChI is InChI=1S/C26H30N2O3/c1-4-5-13-30-21-10-8-9-20(14-21)25-15-23(22-11-6-7-12-24(22)27-25)26(29)28-16-18(2)31-19(3)17-28/h6-12,14-15,18-19H,4-5,13,16-17H2,1-3H3/t18-,19+. The quantitative estimate of drug-likeness (QED) is 0.508. The molecule has 1 aliphatic heterocycles. The minimum atomic E-state index is 0.0252. The number of fused-ring (bicyclic) bond motifs is 1. The predicted molar refractivity (Wildman–Crippen MR) is 123 cm³/mol. The molecule has 5 nitrogen and oxygen atoms in total. The van der Waals surface area contributed by atoms with E-state index in [9.17, 15) is 4.79 Å². The number of pyridine rings is 1. The first-order valence-corrected chi connectivity index (χ1v) is 11.1. The van der Waals surface area contributed by atoms with Crippen LogP contribution in [0.15, 0.2) is 54.6 Å². The van der Waals surface area contributed by atoms with E-state index in [4.69, 9.17) is 14.5 Å². The van der Waals surface area contributed by atoms with Crippen LogP contribution >= 0.6 is 0 Å². The Kier molecular flexibility index (Phi) is 6.52. The van der Waals surface area contributed by atoms with Gasteiger partial charge in [-0.1, -0.05) is 43.7 Å². The van der Waals surface area contributed by atoms with Gasteiger partial charge in [-0.05, 0) is 44.5 Å². The van der Waals surface area contributed by atoms with Gasteiger partial charge in [-0.3, -0.25) is 4.79 Å². The molecule has 3 aromatic rings. The van der Waals surface area contributed by atoms with E-state index >= 15 is 0 Å². The molecule has 31 heavy (non-hydrogen) atoms. The highest BCUT2D eigenvalue weighted by atomic mass is 16.5. The number of para-hydroxylation sites is 1. The summed E-state index contributed by atoms with van der Waals surface area (Å²) in [6, 6.07) is 17.7. The molecule has 0 aliphatic carbocycles. The number of amides is 1. The summed E-state index contributed by atoms with van der Waals surface area (Å²) in [7, 11) is 0. The number of carbonyl (C=O) groups is 1. The Labute approximate surface area is 184 Å². The molecule has 0 radical (unpaired) electrons. The third kappa shape index (κ3) is 4.88. The average Bonchev–Trinajstić information content (AvgIpc) is 2.77. The molecule has 2 aromatic carbocycles. The molecular weight excluding hydrogens is 388 g/mol. The Morgan fingerprint density at radius 2 is 1.87 bits per heavy atom. The molecule has 1 fully saturated rings. The molecule has 1 aromatic heterocycles. The number of rotatable bonds is 6. The molecular formula is C26H30N2O3. The fraction of sp³-hybridized carbons (Fsp3) is 0.385. The van der Waals surface area contributed by atoms with E-state index in [-0.39, 0.29) is 18.1 Å². The van der Waals surface area contributed by atoms with Crippen LogP contribution in [0.2, 0.25) is 0 Å². The molecule has 2 atom stereocenters. The zero-order valence-corrected chi connectivity index (χ0v) is 18.5. The molecule has 2 heterocycles. The number of nitrogens with zero attached hydrogens (tertiary/aromatic N) is 2. The largest absolute Gasteiger partial charge is 0.494 e. The Morgan fingerprint density at radius 3 is 2.65 bits per heavy atom. The summed E-state index contributed by atoms with van der Waals surface area (Å²) in [5.74, 6) is 0.849. The van der Waals surface area contributed by atoms with Gasteiger partial charge in [0.25, 0.3) is 5.91 Å². The SMILES string of the molecule is CCCCOc1cccc(-c2cc(C(=O)N3C[C@@H](C)O[C@@H](C)C3)c3ccccc3n2)c1. The highest BCUT2D eigenvalue weighted by Gasteiger charge is 2.28. The summed E-state index contributed by atoms with van der Waals surface area (Å²) >= 11 is 0. The van der Waals surface area contributed by atoms with Crippen LogP contribution in [0.3, 0.4) is 0 Å². The first-order chi connectivity index (χ1) is 15.0. The van der Waals surface area contributed by atoms with Gasteiger partial charge in [-0.15, -0.1) is 0 Å². The number of ether oxygens (including phenoxy) is 2. The van der Waals surface area contributed by atoms with Crippen LogP contribution in [-0.4, -0.2) is 47.7 Å². The van der Waals surface area contributed by atoms with Gasteiger partial charge in [-0.2, -0.15) is 0 Å². The van der Waals surface area contributed by atoms with Crippen molar-refractivity contribution < 1.29 is 14.3 Å². The molecule has 0 saturated carbocycles. The maximum absolute atomic E-state index is 13.5. The van der Waals surface area contributed by atoms with E-state index in [2.05, 4.69) is 6.92 Å². The summed E-state index contributed by atoms with van der Waals surface area (Å²) < 4.78 is 11.7. The molecule has 4 rings (SSSR count). The van der Waals surface area contributed by atoms with Gasteiger partial charge in [-0.25, -0.2) is 4.98 Å². The van der Waals surface area contributed by atoms with Gasteiger partial charge in [0.15, 0.2) is 0 Å². The summed E-state index contributed by atoms with van der Waals surface area (Å²) in [5.41, 5.74) is 3.21.